The highest BCUT2D eigenvalue weighted by Gasteiger charge is 2.59. The van der Waals surface area contributed by atoms with Crippen molar-refractivity contribution < 1.29 is 89.1 Å². The van der Waals surface area contributed by atoms with Gasteiger partial charge in [0.15, 0.2) is 11.4 Å². The highest BCUT2D eigenvalue weighted by atomic mass is 79.9. The van der Waals surface area contributed by atoms with Crippen LogP contribution in [0, 0.1) is 0 Å². The summed E-state index contributed by atoms with van der Waals surface area (Å²) in [6.45, 7) is 2.66. The number of anilines is 2. The van der Waals surface area contributed by atoms with Crippen molar-refractivity contribution in [2.24, 2.45) is 0 Å². The van der Waals surface area contributed by atoms with E-state index in [-0.39, 0.29) is 30.1 Å². The first-order valence-electron chi connectivity index (χ1n) is 17.8. The van der Waals surface area contributed by atoms with Crippen LogP contribution in [0.4, 0.5) is 82.1 Å². The van der Waals surface area contributed by atoms with Gasteiger partial charge in [0.2, 0.25) is 23.7 Å². The maximum absolute atomic E-state index is 13.3. The Bertz CT molecular complexity index is 2640. The number of hydrogen-bond donors (Lipinski definition) is 2. The maximum atomic E-state index is 13.3. The summed E-state index contributed by atoms with van der Waals surface area (Å²) < 4.78 is 215. The number of fused-ring (bicyclic) bond motifs is 2. The third kappa shape index (κ3) is 11.3. The minimum Gasteiger partial charge on any atom is -0.399 e. The fraction of sp³-hybridized carbons (Fsp3) is 0.515. The smallest absolute Gasteiger partial charge is 0.399 e. The quantitative estimate of drug-likeness (QED) is 0.165. The maximum Gasteiger partial charge on any atom is 0.498 e. The number of hydrogen-bond acceptors (Lipinski definition) is 10. The van der Waals surface area contributed by atoms with Gasteiger partial charge in [0.05, 0.1) is 23.0 Å². The summed E-state index contributed by atoms with van der Waals surface area (Å²) in [5, 5.41) is 10.7. The number of halogens is 17. The number of nitrogens with zero attached hydrogens (tertiary/aromatic N) is 8. The SMILES string of the molecule is C.CC1(C)OB(c2cnn(CC(F)(F)C(F)(F)F)c2)OC1(C)C.O=C1Cn2c(nc(C(F)(F)F)c(-c3cnn(CC(F)(F)C(F)(F)F)c3)c2=O)N1.O=C1Cn2c(nc(C(F)(F)F)c(Br)c2=O)N1. The minimum absolute atomic E-state index is 0. The van der Waals surface area contributed by atoms with Crippen molar-refractivity contribution in [2.75, 3.05) is 10.6 Å². The first-order valence-corrected chi connectivity index (χ1v) is 18.5. The van der Waals surface area contributed by atoms with Gasteiger partial charge in [0.1, 0.15) is 30.7 Å². The van der Waals surface area contributed by atoms with Crippen molar-refractivity contribution in [1.29, 1.82) is 0 Å². The molecule has 0 aliphatic carbocycles. The Balaban J connectivity index is 0.000000226. The number of alkyl halides is 16. The van der Waals surface area contributed by atoms with E-state index in [2.05, 4.69) is 41.4 Å². The molecule has 0 aromatic carbocycles. The van der Waals surface area contributed by atoms with E-state index in [0.717, 1.165) is 17.0 Å². The largest absolute Gasteiger partial charge is 0.498 e. The monoisotopic (exact) mass is 1060 g/mol. The fourth-order valence-corrected chi connectivity index (χ4v) is 6.10. The van der Waals surface area contributed by atoms with Gasteiger partial charge in [-0.05, 0) is 43.6 Å². The van der Waals surface area contributed by atoms with Gasteiger partial charge in [-0.25, -0.2) is 9.97 Å². The third-order valence-electron chi connectivity index (χ3n) is 9.58. The van der Waals surface area contributed by atoms with Crippen LogP contribution in [0.5, 0.6) is 0 Å². The molecule has 0 spiro atoms. The molecule has 3 aliphatic rings. The molecule has 2 amide bonds. The van der Waals surface area contributed by atoms with Crippen LogP contribution in [0.15, 0.2) is 38.8 Å². The van der Waals surface area contributed by atoms with E-state index in [1.165, 1.54) is 0 Å². The van der Waals surface area contributed by atoms with E-state index in [9.17, 15) is 89.4 Å². The molecule has 7 heterocycles. The Hall–Kier alpha value is -5.54. The molecule has 2 N–H and O–H groups in total. The molecule has 0 radical (unpaired) electrons. The van der Waals surface area contributed by atoms with Crippen molar-refractivity contribution in [3.05, 3.63) is 61.4 Å². The normalized spacial score (nSPS) is 16.8. The van der Waals surface area contributed by atoms with E-state index in [1.807, 2.05) is 5.32 Å². The number of nitrogens with one attached hydrogen (secondary N) is 2. The molecular formula is C33H30BBrF16N10O6. The molecule has 7 rings (SSSR count). The lowest BCUT2D eigenvalue weighted by atomic mass is 9.82. The summed E-state index contributed by atoms with van der Waals surface area (Å²) in [7, 11) is -0.863. The van der Waals surface area contributed by atoms with Gasteiger partial charge in [0, 0.05) is 29.6 Å². The van der Waals surface area contributed by atoms with Crippen LogP contribution in [0.1, 0.15) is 46.5 Å². The van der Waals surface area contributed by atoms with Crippen LogP contribution < -0.4 is 27.2 Å². The Morgan fingerprint density at radius 2 is 1.04 bits per heavy atom. The number of amides is 2. The average Bonchev–Trinajstić information content (AvgIpc) is 3.97. The van der Waals surface area contributed by atoms with E-state index in [1.54, 1.807) is 27.7 Å². The Kier molecular flexibility index (Phi) is 14.4. The predicted molar refractivity (Wildman–Crippen MR) is 200 cm³/mol. The van der Waals surface area contributed by atoms with E-state index >= 15 is 0 Å². The van der Waals surface area contributed by atoms with Crippen molar-refractivity contribution >= 4 is 52.2 Å². The van der Waals surface area contributed by atoms with Crippen LogP contribution in [-0.2, 0) is 57.4 Å². The molecule has 34 heteroatoms. The molecule has 4 aromatic rings. The summed E-state index contributed by atoms with van der Waals surface area (Å²) in [5.41, 5.74) is -8.17. The predicted octanol–water partition coefficient (Wildman–Crippen LogP) is 6.27. The molecule has 1 saturated heterocycles. The molecule has 3 aliphatic heterocycles. The lowest BCUT2D eigenvalue weighted by Crippen LogP contribution is -2.41. The summed E-state index contributed by atoms with van der Waals surface area (Å²) in [4.78, 5) is 52.5. The molecule has 4 aromatic heterocycles. The lowest BCUT2D eigenvalue weighted by molar-refractivity contribution is -0.287. The second-order valence-electron chi connectivity index (χ2n) is 15.0. The van der Waals surface area contributed by atoms with E-state index < -0.39 is 130 Å². The first kappa shape index (κ1) is 54.1. The van der Waals surface area contributed by atoms with Gasteiger partial charge in [-0.2, -0.15) is 80.4 Å². The van der Waals surface area contributed by atoms with Crippen LogP contribution in [0.3, 0.4) is 0 Å². The van der Waals surface area contributed by atoms with Crippen LogP contribution >= 0.6 is 15.9 Å². The van der Waals surface area contributed by atoms with Crippen LogP contribution in [-0.4, -0.2) is 93.0 Å². The zero-order valence-corrected chi connectivity index (χ0v) is 34.8. The van der Waals surface area contributed by atoms with Crippen molar-refractivity contribution in [3.8, 4) is 11.1 Å². The minimum atomic E-state index is -5.91. The molecule has 370 valence electrons. The van der Waals surface area contributed by atoms with Gasteiger partial charge in [0.25, 0.3) is 11.1 Å². The van der Waals surface area contributed by atoms with Gasteiger partial charge >= 0.3 is 43.7 Å². The van der Waals surface area contributed by atoms with Gasteiger partial charge in [-0.1, -0.05) is 7.43 Å². The van der Waals surface area contributed by atoms with Gasteiger partial charge < -0.3 is 9.31 Å². The number of aromatic nitrogens is 8. The molecule has 0 unspecified atom stereocenters. The molecule has 0 bridgehead atoms. The summed E-state index contributed by atoms with van der Waals surface area (Å²) in [6, 6.07) is 0. The lowest BCUT2D eigenvalue weighted by Gasteiger charge is -2.32. The molecule has 0 atom stereocenters. The number of rotatable bonds is 6. The van der Waals surface area contributed by atoms with Crippen molar-refractivity contribution in [1.82, 2.24) is 38.7 Å². The van der Waals surface area contributed by atoms with Crippen LogP contribution in [0.2, 0.25) is 0 Å². The number of carbonyl (C=O) groups is 2. The zero-order valence-electron chi connectivity index (χ0n) is 33.2. The van der Waals surface area contributed by atoms with Crippen molar-refractivity contribution in [2.45, 2.75) is 109 Å². The summed E-state index contributed by atoms with van der Waals surface area (Å²) in [5.74, 6) is -12.5. The van der Waals surface area contributed by atoms with Crippen molar-refractivity contribution in [3.63, 3.8) is 0 Å². The van der Waals surface area contributed by atoms with Gasteiger partial charge in [-0.3, -0.25) is 48.3 Å². The summed E-state index contributed by atoms with van der Waals surface area (Å²) >= 11 is 2.53. The Morgan fingerprint density at radius 1 is 0.642 bits per heavy atom. The first-order chi connectivity index (χ1) is 29.8. The number of carbonyl (C=O) groups excluding carboxylic acids is 2. The Labute approximate surface area is 371 Å². The molecular weight excluding hydrogens is 1030 g/mol. The second kappa shape index (κ2) is 17.8. The molecule has 0 saturated carbocycles. The van der Waals surface area contributed by atoms with E-state index in [0.29, 0.717) is 21.6 Å². The molecule has 1 fully saturated rings. The molecule has 67 heavy (non-hydrogen) atoms. The highest BCUT2D eigenvalue weighted by molar-refractivity contribution is 9.10. The van der Waals surface area contributed by atoms with E-state index in [4.69, 9.17) is 9.31 Å². The van der Waals surface area contributed by atoms with Gasteiger partial charge in [-0.15, -0.1) is 0 Å². The standard InChI is InChI=1S/C13H7F8N5O2.C12H16BF5N2O2.C7H3BrF3N3O2.CH4/c14-11(15,13(19,20)21)4-25-2-5(1-22-25)7-8(12(16,17)18)24-10-23-6(27)3-26(10)9(7)28;1-9(2)10(3,4)22-13(21-9)8-5-19-20(6-8)7-11(14,15)12(16,17)18;8-3-4(7(9,10)11)13-6-12-2(15)1-14(6)5(3)16;/h1-2H,3-4H2,(H,23,24,27);5-6H,7H2,1-4H3;1H2,(H,12,13,15);1H4. The van der Waals surface area contributed by atoms with Crippen LogP contribution in [0.25, 0.3) is 11.1 Å². The molecule has 16 nitrogen and oxygen atoms in total. The second-order valence-corrected chi connectivity index (χ2v) is 15.8. The average molecular weight is 1060 g/mol. The topological polar surface area (TPSA) is 182 Å². The fourth-order valence-electron chi connectivity index (χ4n) is 5.57. The zero-order chi connectivity index (χ0) is 50.1. The highest BCUT2D eigenvalue weighted by Crippen LogP contribution is 2.40. The third-order valence-corrected chi connectivity index (χ3v) is 10.3. The Morgan fingerprint density at radius 3 is 1.48 bits per heavy atom. The summed E-state index contributed by atoms with van der Waals surface area (Å²) in [6.07, 6.45) is -18.3.